The lowest BCUT2D eigenvalue weighted by Gasteiger charge is -1.99. The highest BCUT2D eigenvalue weighted by Gasteiger charge is 2.07. The number of rotatable bonds is 1. The van der Waals surface area contributed by atoms with Crippen molar-refractivity contribution in [3.8, 4) is 0 Å². The van der Waals surface area contributed by atoms with Crippen molar-refractivity contribution >= 4 is 55.6 Å². The predicted octanol–water partition coefficient (Wildman–Crippen LogP) is 3.65. The number of aliphatic hydroxyl groups is 1. The van der Waals surface area contributed by atoms with Crippen LogP contribution in [0.1, 0.15) is 5.56 Å². The van der Waals surface area contributed by atoms with Crippen LogP contribution < -0.4 is 0 Å². The topological polar surface area (TPSA) is 20.2 Å². The quantitative estimate of drug-likeness (QED) is 0.794. The molecule has 0 radical (unpaired) electrons. The molecule has 0 saturated carbocycles. The van der Waals surface area contributed by atoms with E-state index in [9.17, 15) is 0 Å². The van der Waals surface area contributed by atoms with Crippen molar-refractivity contribution in [3.05, 3.63) is 31.7 Å². The highest BCUT2D eigenvalue weighted by atomic mass is 127. The van der Waals surface area contributed by atoms with Crippen LogP contribution in [-0.2, 0) is 6.61 Å². The zero-order valence-corrected chi connectivity index (χ0v) is 10.3. The van der Waals surface area contributed by atoms with Crippen molar-refractivity contribution in [2.24, 2.45) is 0 Å². The van der Waals surface area contributed by atoms with Gasteiger partial charge < -0.3 is 5.11 Å². The van der Waals surface area contributed by atoms with Crippen LogP contribution >= 0.6 is 45.5 Å². The van der Waals surface area contributed by atoms with Crippen LogP contribution in [0.3, 0.4) is 0 Å². The first-order valence-corrected chi connectivity index (χ1v) is 6.02. The normalized spacial score (nSPS) is 11.0. The van der Waals surface area contributed by atoms with E-state index in [1.54, 1.807) is 11.3 Å². The molecule has 0 bridgehead atoms. The maximum Gasteiger partial charge on any atom is 0.0682 e. The van der Waals surface area contributed by atoms with E-state index in [4.69, 9.17) is 16.7 Å². The molecule has 13 heavy (non-hydrogen) atoms. The summed E-state index contributed by atoms with van der Waals surface area (Å²) < 4.78 is 2.24. The van der Waals surface area contributed by atoms with Gasteiger partial charge in [-0.25, -0.2) is 0 Å². The van der Waals surface area contributed by atoms with Crippen molar-refractivity contribution in [1.29, 1.82) is 0 Å². The first-order valence-electron chi connectivity index (χ1n) is 3.68. The molecule has 1 heterocycles. The Morgan fingerprint density at radius 3 is 2.92 bits per heavy atom. The zero-order chi connectivity index (χ0) is 9.42. The van der Waals surface area contributed by atoms with Gasteiger partial charge in [0.1, 0.15) is 0 Å². The Kier molecular flexibility index (Phi) is 2.78. The molecule has 2 aromatic rings. The fraction of sp³-hybridized carbons (Fsp3) is 0.111. The molecule has 2 rings (SSSR count). The minimum atomic E-state index is 0.0848. The van der Waals surface area contributed by atoms with Gasteiger partial charge in [-0.05, 0) is 40.3 Å². The van der Waals surface area contributed by atoms with Gasteiger partial charge in [0.25, 0.3) is 0 Å². The molecule has 0 aliphatic carbocycles. The van der Waals surface area contributed by atoms with Crippen LogP contribution in [0.5, 0.6) is 0 Å². The molecule has 68 valence electrons. The van der Waals surface area contributed by atoms with E-state index in [1.807, 2.05) is 17.5 Å². The van der Waals surface area contributed by atoms with Gasteiger partial charge in [0.05, 0.1) is 11.6 Å². The molecule has 1 aromatic carbocycles. The molecular formula is C9H6ClIOS. The fourth-order valence-corrected chi connectivity index (χ4v) is 3.85. The Morgan fingerprint density at radius 2 is 2.23 bits per heavy atom. The Bertz CT molecular complexity index is 452. The number of halogens is 2. The molecule has 0 amide bonds. The number of thiophene rings is 1. The molecular weight excluding hydrogens is 319 g/mol. The van der Waals surface area contributed by atoms with E-state index >= 15 is 0 Å². The number of fused-ring (bicyclic) bond motifs is 1. The Labute approximate surface area is 98.5 Å². The molecule has 0 saturated heterocycles. The molecule has 4 heteroatoms. The highest BCUT2D eigenvalue weighted by molar-refractivity contribution is 14.1. The van der Waals surface area contributed by atoms with E-state index in [-0.39, 0.29) is 6.61 Å². The third-order valence-corrected chi connectivity index (χ3v) is 4.03. The van der Waals surface area contributed by atoms with Crippen molar-refractivity contribution in [2.75, 3.05) is 0 Å². The third kappa shape index (κ3) is 1.70. The first-order chi connectivity index (χ1) is 6.22. The summed E-state index contributed by atoms with van der Waals surface area (Å²) >= 11 is 9.87. The van der Waals surface area contributed by atoms with Crippen LogP contribution in [0.25, 0.3) is 10.1 Å². The largest absolute Gasteiger partial charge is 0.392 e. The van der Waals surface area contributed by atoms with Crippen LogP contribution in [-0.4, -0.2) is 5.11 Å². The number of benzene rings is 1. The number of aliphatic hydroxyl groups excluding tert-OH is 1. The van der Waals surface area contributed by atoms with E-state index < -0.39 is 0 Å². The summed E-state index contributed by atoms with van der Waals surface area (Å²) in [5.41, 5.74) is 0.940. The first kappa shape index (κ1) is 9.71. The molecule has 0 fully saturated rings. The van der Waals surface area contributed by atoms with E-state index in [0.29, 0.717) is 0 Å². The molecule has 0 unspecified atom stereocenters. The molecule has 1 N–H and O–H groups in total. The minimum absolute atomic E-state index is 0.0848. The molecule has 0 spiro atoms. The van der Waals surface area contributed by atoms with Crippen LogP contribution in [0.4, 0.5) is 0 Å². The second-order valence-corrected chi connectivity index (χ2v) is 5.17. The summed E-state index contributed by atoms with van der Waals surface area (Å²) in [5, 5.41) is 12.8. The van der Waals surface area contributed by atoms with Crippen LogP contribution in [0, 0.1) is 3.57 Å². The molecule has 0 atom stereocenters. The lowest BCUT2D eigenvalue weighted by atomic mass is 10.2. The van der Waals surface area contributed by atoms with Crippen molar-refractivity contribution in [1.82, 2.24) is 0 Å². The summed E-state index contributed by atoms with van der Waals surface area (Å²) in [4.78, 5) is 0. The maximum absolute atomic E-state index is 9.00. The predicted molar refractivity (Wildman–Crippen MR) is 65.5 cm³/mol. The monoisotopic (exact) mass is 324 g/mol. The van der Waals surface area contributed by atoms with Gasteiger partial charge in [0.15, 0.2) is 0 Å². The highest BCUT2D eigenvalue weighted by Crippen LogP contribution is 2.34. The van der Waals surface area contributed by atoms with Gasteiger partial charge in [0.2, 0.25) is 0 Å². The van der Waals surface area contributed by atoms with Crippen molar-refractivity contribution < 1.29 is 5.11 Å². The van der Waals surface area contributed by atoms with Gasteiger partial charge in [-0.2, -0.15) is 0 Å². The molecule has 0 aliphatic rings. The average molecular weight is 325 g/mol. The van der Waals surface area contributed by atoms with Crippen molar-refractivity contribution in [2.45, 2.75) is 6.61 Å². The van der Waals surface area contributed by atoms with E-state index in [2.05, 4.69) is 22.6 Å². The maximum atomic E-state index is 9.00. The van der Waals surface area contributed by atoms with Crippen LogP contribution in [0.15, 0.2) is 17.5 Å². The standard InChI is InChI=1S/C9H6ClIOS/c10-6-4-13-8-2-5(3-12)1-7(11)9(6)8/h1-2,4,12H,3H2. The summed E-state index contributed by atoms with van der Waals surface area (Å²) in [6.07, 6.45) is 0. The number of hydrogen-bond donors (Lipinski definition) is 1. The van der Waals surface area contributed by atoms with Crippen molar-refractivity contribution in [3.63, 3.8) is 0 Å². The summed E-state index contributed by atoms with van der Waals surface area (Å²) in [7, 11) is 0. The second-order valence-electron chi connectivity index (χ2n) is 2.69. The second kappa shape index (κ2) is 3.73. The third-order valence-electron chi connectivity index (χ3n) is 1.82. The summed E-state index contributed by atoms with van der Waals surface area (Å²) in [6.45, 7) is 0.0848. The zero-order valence-electron chi connectivity index (χ0n) is 6.55. The lowest BCUT2D eigenvalue weighted by molar-refractivity contribution is 0.282. The molecule has 1 nitrogen and oxygen atoms in total. The molecule has 1 aromatic heterocycles. The average Bonchev–Trinajstić information content (AvgIpc) is 2.48. The van der Waals surface area contributed by atoms with E-state index in [0.717, 1.165) is 24.2 Å². The van der Waals surface area contributed by atoms with Gasteiger partial charge in [-0.15, -0.1) is 11.3 Å². The number of hydrogen-bond acceptors (Lipinski definition) is 2. The fourth-order valence-electron chi connectivity index (χ4n) is 1.23. The van der Waals surface area contributed by atoms with Gasteiger partial charge in [0, 0.05) is 19.0 Å². The minimum Gasteiger partial charge on any atom is -0.392 e. The Morgan fingerprint density at radius 1 is 1.46 bits per heavy atom. The Hall–Kier alpha value is 0.160. The van der Waals surface area contributed by atoms with Gasteiger partial charge in [-0.3, -0.25) is 0 Å². The molecule has 0 aliphatic heterocycles. The van der Waals surface area contributed by atoms with Gasteiger partial charge in [-0.1, -0.05) is 11.6 Å². The smallest absolute Gasteiger partial charge is 0.0682 e. The SMILES string of the molecule is OCc1cc(I)c2c(Cl)csc2c1. The van der Waals surface area contributed by atoms with Crippen LogP contribution in [0.2, 0.25) is 5.02 Å². The summed E-state index contributed by atoms with van der Waals surface area (Å²) in [5.74, 6) is 0. The van der Waals surface area contributed by atoms with Gasteiger partial charge >= 0.3 is 0 Å². The van der Waals surface area contributed by atoms with E-state index in [1.165, 1.54) is 0 Å². The lowest BCUT2D eigenvalue weighted by Crippen LogP contribution is -1.84. The Balaban J connectivity index is 2.79. The summed E-state index contributed by atoms with van der Waals surface area (Å²) in [6, 6.07) is 3.94.